The van der Waals surface area contributed by atoms with Crippen molar-refractivity contribution in [2.45, 2.75) is 19.3 Å². The zero-order valence-electron chi connectivity index (χ0n) is 15.8. The van der Waals surface area contributed by atoms with Crippen molar-refractivity contribution in [2.75, 3.05) is 23.7 Å². The van der Waals surface area contributed by atoms with Crippen molar-refractivity contribution in [3.05, 3.63) is 72.7 Å². The molecule has 0 saturated carbocycles. The first-order chi connectivity index (χ1) is 13.8. The molecule has 0 bridgehead atoms. The van der Waals surface area contributed by atoms with E-state index in [1.165, 1.54) is 6.33 Å². The van der Waals surface area contributed by atoms with Gasteiger partial charge in [-0.1, -0.05) is 43.3 Å². The lowest BCUT2D eigenvalue weighted by Crippen LogP contribution is -2.33. The number of carbonyl (C=O) groups excluding carboxylic acids is 1. The van der Waals surface area contributed by atoms with Crippen LogP contribution in [0.1, 0.15) is 24.8 Å². The first-order valence-corrected chi connectivity index (χ1v) is 9.33. The lowest BCUT2D eigenvalue weighted by Gasteiger charge is -2.15. The molecule has 3 aromatic rings. The summed E-state index contributed by atoms with van der Waals surface area (Å²) in [5.41, 5.74) is 1.04. The van der Waals surface area contributed by atoms with Crippen molar-refractivity contribution in [1.82, 2.24) is 20.3 Å². The standard InChI is InChI=1S/C21H24N6O/c1-2-17(16-8-4-3-5-9-16)21(28)24-13-12-23-19-14-20(26-15-25-19)27-18-10-6-7-11-22-18/h3-11,14-15,17H,2,12-13H2,1H3,(H,24,28)(H2,22,23,25,26,27)/t17-/m1/s1. The number of hydrogen-bond acceptors (Lipinski definition) is 6. The molecule has 3 N–H and O–H groups in total. The molecule has 1 amide bonds. The maximum atomic E-state index is 12.5. The summed E-state index contributed by atoms with van der Waals surface area (Å²) in [6.07, 6.45) is 3.96. The summed E-state index contributed by atoms with van der Waals surface area (Å²) in [5, 5.41) is 9.30. The minimum absolute atomic E-state index is 0.0377. The molecule has 1 aromatic carbocycles. The molecule has 0 spiro atoms. The molecular weight excluding hydrogens is 352 g/mol. The third-order valence-electron chi connectivity index (χ3n) is 4.25. The highest BCUT2D eigenvalue weighted by Crippen LogP contribution is 2.19. The fourth-order valence-electron chi connectivity index (χ4n) is 2.85. The normalized spacial score (nSPS) is 11.5. The van der Waals surface area contributed by atoms with Crippen molar-refractivity contribution in [1.29, 1.82) is 0 Å². The van der Waals surface area contributed by atoms with E-state index in [0.29, 0.717) is 30.5 Å². The number of aromatic nitrogens is 3. The molecule has 0 aliphatic carbocycles. The predicted molar refractivity (Wildman–Crippen MR) is 111 cm³/mol. The highest BCUT2D eigenvalue weighted by Gasteiger charge is 2.17. The summed E-state index contributed by atoms with van der Waals surface area (Å²) >= 11 is 0. The minimum atomic E-state index is -0.130. The van der Waals surface area contributed by atoms with Crippen molar-refractivity contribution in [3.8, 4) is 0 Å². The lowest BCUT2D eigenvalue weighted by molar-refractivity contribution is -0.122. The second kappa shape index (κ2) is 10.0. The average molecular weight is 376 g/mol. The Balaban J connectivity index is 1.47. The maximum Gasteiger partial charge on any atom is 0.227 e. The smallest absolute Gasteiger partial charge is 0.227 e. The van der Waals surface area contributed by atoms with Gasteiger partial charge in [0.05, 0.1) is 5.92 Å². The van der Waals surface area contributed by atoms with Crippen LogP contribution in [0, 0.1) is 0 Å². The van der Waals surface area contributed by atoms with E-state index < -0.39 is 0 Å². The van der Waals surface area contributed by atoms with Crippen molar-refractivity contribution in [3.63, 3.8) is 0 Å². The van der Waals surface area contributed by atoms with Crippen LogP contribution >= 0.6 is 0 Å². The van der Waals surface area contributed by atoms with Crippen molar-refractivity contribution < 1.29 is 4.79 Å². The van der Waals surface area contributed by atoms with Gasteiger partial charge in [-0.25, -0.2) is 15.0 Å². The Morgan fingerprint density at radius 3 is 2.46 bits per heavy atom. The van der Waals surface area contributed by atoms with Crippen LogP contribution in [0.2, 0.25) is 0 Å². The Bertz CT molecular complexity index is 872. The summed E-state index contributed by atoms with van der Waals surface area (Å²) in [6.45, 7) is 3.10. The fraction of sp³-hybridized carbons (Fsp3) is 0.238. The van der Waals surface area contributed by atoms with Gasteiger partial charge >= 0.3 is 0 Å². The third kappa shape index (κ3) is 5.51. The third-order valence-corrected chi connectivity index (χ3v) is 4.25. The van der Waals surface area contributed by atoms with E-state index in [0.717, 1.165) is 12.0 Å². The number of benzene rings is 1. The number of rotatable bonds is 9. The molecular formula is C21H24N6O. The highest BCUT2D eigenvalue weighted by molar-refractivity contribution is 5.83. The van der Waals surface area contributed by atoms with Crippen LogP contribution in [0.4, 0.5) is 17.5 Å². The molecule has 0 fully saturated rings. The van der Waals surface area contributed by atoms with Crippen LogP contribution in [0.5, 0.6) is 0 Å². The zero-order valence-corrected chi connectivity index (χ0v) is 15.8. The Kier molecular flexibility index (Phi) is 6.89. The number of nitrogens with zero attached hydrogens (tertiary/aromatic N) is 3. The van der Waals surface area contributed by atoms with Crippen LogP contribution in [0.3, 0.4) is 0 Å². The monoisotopic (exact) mass is 376 g/mol. The van der Waals surface area contributed by atoms with E-state index in [-0.39, 0.29) is 11.8 Å². The van der Waals surface area contributed by atoms with Crippen LogP contribution < -0.4 is 16.0 Å². The number of pyridine rings is 1. The van der Waals surface area contributed by atoms with Gasteiger partial charge in [-0.05, 0) is 24.1 Å². The van der Waals surface area contributed by atoms with Gasteiger partial charge in [-0.2, -0.15) is 0 Å². The van der Waals surface area contributed by atoms with Gasteiger partial charge in [0.25, 0.3) is 0 Å². The van der Waals surface area contributed by atoms with Gasteiger partial charge in [0.15, 0.2) is 0 Å². The number of carbonyl (C=O) groups is 1. The number of hydrogen-bond donors (Lipinski definition) is 3. The Morgan fingerprint density at radius 1 is 0.929 bits per heavy atom. The van der Waals surface area contributed by atoms with E-state index in [2.05, 4.69) is 30.9 Å². The molecule has 28 heavy (non-hydrogen) atoms. The molecule has 2 aromatic heterocycles. The average Bonchev–Trinajstić information content (AvgIpc) is 2.74. The molecule has 7 heteroatoms. The van der Waals surface area contributed by atoms with Crippen molar-refractivity contribution in [2.24, 2.45) is 0 Å². The molecule has 0 unspecified atom stereocenters. The second-order valence-electron chi connectivity index (χ2n) is 6.22. The number of amides is 1. The predicted octanol–water partition coefficient (Wildman–Crippen LogP) is 3.34. The topological polar surface area (TPSA) is 91.8 Å². The van der Waals surface area contributed by atoms with Crippen LogP contribution in [-0.2, 0) is 4.79 Å². The van der Waals surface area contributed by atoms with Gasteiger partial charge in [0.2, 0.25) is 5.91 Å². The summed E-state index contributed by atoms with van der Waals surface area (Å²) in [6, 6.07) is 17.3. The molecule has 7 nitrogen and oxygen atoms in total. The number of anilines is 3. The summed E-state index contributed by atoms with van der Waals surface area (Å²) < 4.78 is 0. The zero-order chi connectivity index (χ0) is 19.6. The van der Waals surface area contributed by atoms with Crippen LogP contribution in [0.15, 0.2) is 67.1 Å². The molecule has 144 valence electrons. The van der Waals surface area contributed by atoms with Crippen molar-refractivity contribution >= 4 is 23.4 Å². The molecule has 0 aliphatic heterocycles. The molecule has 3 rings (SSSR count). The van der Waals surface area contributed by atoms with Gasteiger partial charge in [0.1, 0.15) is 23.8 Å². The Morgan fingerprint density at radius 2 is 1.71 bits per heavy atom. The number of nitrogens with one attached hydrogen (secondary N) is 3. The highest BCUT2D eigenvalue weighted by atomic mass is 16.1. The summed E-state index contributed by atoms with van der Waals surface area (Å²) in [5.74, 6) is 1.95. The SMILES string of the molecule is CC[C@@H](C(=O)NCCNc1cc(Nc2ccccn2)ncn1)c1ccccc1. The Hall–Kier alpha value is -3.48. The van der Waals surface area contributed by atoms with Gasteiger partial charge < -0.3 is 16.0 Å². The van der Waals surface area contributed by atoms with Gasteiger partial charge in [-0.3, -0.25) is 4.79 Å². The Labute approximate surface area is 164 Å². The lowest BCUT2D eigenvalue weighted by atomic mass is 9.96. The molecule has 0 radical (unpaired) electrons. The van der Waals surface area contributed by atoms with Gasteiger partial charge in [0, 0.05) is 25.4 Å². The van der Waals surface area contributed by atoms with Crippen LogP contribution in [0.25, 0.3) is 0 Å². The maximum absolute atomic E-state index is 12.5. The molecule has 1 atom stereocenters. The summed E-state index contributed by atoms with van der Waals surface area (Å²) in [4.78, 5) is 25.1. The van der Waals surface area contributed by atoms with E-state index in [4.69, 9.17) is 0 Å². The fourth-order valence-corrected chi connectivity index (χ4v) is 2.85. The molecule has 0 aliphatic rings. The largest absolute Gasteiger partial charge is 0.368 e. The van der Waals surface area contributed by atoms with E-state index >= 15 is 0 Å². The van der Waals surface area contributed by atoms with E-state index in [1.54, 1.807) is 12.3 Å². The molecule has 2 heterocycles. The second-order valence-corrected chi connectivity index (χ2v) is 6.22. The minimum Gasteiger partial charge on any atom is -0.368 e. The van der Waals surface area contributed by atoms with E-state index in [9.17, 15) is 4.79 Å². The quantitative estimate of drug-likeness (QED) is 0.496. The first kappa shape index (κ1) is 19.3. The van der Waals surface area contributed by atoms with E-state index in [1.807, 2.05) is 55.5 Å². The van der Waals surface area contributed by atoms with Gasteiger partial charge in [-0.15, -0.1) is 0 Å². The molecule has 0 saturated heterocycles. The van der Waals surface area contributed by atoms with Crippen LogP contribution in [-0.4, -0.2) is 33.9 Å². The summed E-state index contributed by atoms with van der Waals surface area (Å²) in [7, 11) is 0. The first-order valence-electron chi connectivity index (χ1n) is 9.33.